The summed E-state index contributed by atoms with van der Waals surface area (Å²) in [6.45, 7) is 4.30. The highest BCUT2D eigenvalue weighted by Gasteiger charge is 2.12. The van der Waals surface area contributed by atoms with Gasteiger partial charge in [-0.25, -0.2) is 4.98 Å². The molecule has 1 aromatic heterocycles. The Bertz CT molecular complexity index is 864. The fourth-order valence-electron chi connectivity index (χ4n) is 2.80. The van der Waals surface area contributed by atoms with Crippen LogP contribution in [0.3, 0.4) is 0 Å². The summed E-state index contributed by atoms with van der Waals surface area (Å²) < 4.78 is 5.48. The molecule has 124 valence electrons. The molecule has 0 saturated carbocycles. The van der Waals surface area contributed by atoms with Gasteiger partial charge in [0.1, 0.15) is 5.75 Å². The standard InChI is InChI=1S/C19H21N3O2/c1-12-13(2)22-18(21-12)19(23)20-11-10-16-15-7-5-4-6-14(15)8-9-17(16)24-3/h4-9H,10-11H2,1-3H3,(H,20,23)(H,21,22). The normalized spacial score (nSPS) is 10.8. The molecule has 0 aliphatic carbocycles. The average Bonchev–Trinajstić information content (AvgIpc) is 2.94. The molecule has 2 aromatic carbocycles. The largest absolute Gasteiger partial charge is 0.496 e. The van der Waals surface area contributed by atoms with Crippen LogP contribution < -0.4 is 10.1 Å². The van der Waals surface area contributed by atoms with Gasteiger partial charge >= 0.3 is 0 Å². The molecule has 0 saturated heterocycles. The van der Waals surface area contributed by atoms with Gasteiger partial charge in [-0.3, -0.25) is 4.79 Å². The summed E-state index contributed by atoms with van der Waals surface area (Å²) in [5, 5.41) is 5.23. The van der Waals surface area contributed by atoms with E-state index in [1.807, 2.05) is 38.1 Å². The van der Waals surface area contributed by atoms with E-state index in [0.29, 0.717) is 18.8 Å². The van der Waals surface area contributed by atoms with Crippen LogP contribution in [0.5, 0.6) is 5.75 Å². The van der Waals surface area contributed by atoms with Gasteiger partial charge in [0.25, 0.3) is 5.91 Å². The molecule has 0 aliphatic heterocycles. The molecule has 3 rings (SSSR count). The number of aryl methyl sites for hydroxylation is 2. The zero-order valence-electron chi connectivity index (χ0n) is 14.1. The van der Waals surface area contributed by atoms with Crippen molar-refractivity contribution in [2.75, 3.05) is 13.7 Å². The van der Waals surface area contributed by atoms with Crippen LogP contribution in [0.4, 0.5) is 0 Å². The molecule has 5 heteroatoms. The fraction of sp³-hybridized carbons (Fsp3) is 0.263. The monoisotopic (exact) mass is 323 g/mol. The summed E-state index contributed by atoms with van der Waals surface area (Å²) in [4.78, 5) is 19.4. The molecule has 24 heavy (non-hydrogen) atoms. The molecule has 1 amide bonds. The number of imidazole rings is 1. The van der Waals surface area contributed by atoms with E-state index in [2.05, 4.69) is 27.4 Å². The first kappa shape index (κ1) is 16.1. The van der Waals surface area contributed by atoms with Crippen LogP contribution in [-0.4, -0.2) is 29.5 Å². The van der Waals surface area contributed by atoms with Crippen molar-refractivity contribution in [1.82, 2.24) is 15.3 Å². The minimum atomic E-state index is -0.189. The molecule has 0 aliphatic rings. The fourth-order valence-corrected chi connectivity index (χ4v) is 2.80. The van der Waals surface area contributed by atoms with Crippen LogP contribution in [0.2, 0.25) is 0 Å². The van der Waals surface area contributed by atoms with Crippen molar-refractivity contribution in [3.8, 4) is 5.75 Å². The number of rotatable bonds is 5. The molecule has 0 atom stereocenters. The van der Waals surface area contributed by atoms with Crippen molar-refractivity contribution in [2.45, 2.75) is 20.3 Å². The first-order chi connectivity index (χ1) is 11.6. The van der Waals surface area contributed by atoms with Crippen molar-refractivity contribution in [3.63, 3.8) is 0 Å². The van der Waals surface area contributed by atoms with Crippen molar-refractivity contribution < 1.29 is 9.53 Å². The van der Waals surface area contributed by atoms with E-state index >= 15 is 0 Å². The average molecular weight is 323 g/mol. The number of H-pyrrole nitrogens is 1. The van der Waals surface area contributed by atoms with Gasteiger partial charge in [-0.15, -0.1) is 0 Å². The van der Waals surface area contributed by atoms with E-state index in [1.54, 1.807) is 7.11 Å². The van der Waals surface area contributed by atoms with Crippen LogP contribution in [-0.2, 0) is 6.42 Å². The predicted octanol–water partition coefficient (Wildman–Crippen LogP) is 3.16. The maximum atomic E-state index is 12.2. The summed E-state index contributed by atoms with van der Waals surface area (Å²) in [7, 11) is 1.67. The Kier molecular flexibility index (Phi) is 4.51. The number of aromatic nitrogens is 2. The Morgan fingerprint density at radius 1 is 1.21 bits per heavy atom. The number of carbonyl (C=O) groups is 1. The van der Waals surface area contributed by atoms with Crippen molar-refractivity contribution in [1.29, 1.82) is 0 Å². The topological polar surface area (TPSA) is 67.0 Å². The second-order valence-corrected chi connectivity index (χ2v) is 5.77. The Morgan fingerprint density at radius 2 is 2.00 bits per heavy atom. The maximum absolute atomic E-state index is 12.2. The molecule has 1 heterocycles. The van der Waals surface area contributed by atoms with Crippen molar-refractivity contribution in [3.05, 3.63) is 59.2 Å². The lowest BCUT2D eigenvalue weighted by molar-refractivity contribution is 0.0944. The first-order valence-electron chi connectivity index (χ1n) is 7.96. The van der Waals surface area contributed by atoms with Crippen LogP contribution in [0.15, 0.2) is 36.4 Å². The molecule has 0 fully saturated rings. The van der Waals surface area contributed by atoms with E-state index in [0.717, 1.165) is 33.5 Å². The van der Waals surface area contributed by atoms with Crippen LogP contribution in [0.25, 0.3) is 10.8 Å². The summed E-state index contributed by atoms with van der Waals surface area (Å²) in [6.07, 6.45) is 0.689. The number of benzene rings is 2. The van der Waals surface area contributed by atoms with Crippen molar-refractivity contribution >= 4 is 16.7 Å². The number of ether oxygens (including phenoxy) is 1. The minimum Gasteiger partial charge on any atom is -0.496 e. The third kappa shape index (κ3) is 3.11. The summed E-state index contributed by atoms with van der Waals surface area (Å²) in [6, 6.07) is 12.2. The maximum Gasteiger partial charge on any atom is 0.287 e. The van der Waals surface area contributed by atoms with Gasteiger partial charge in [0.15, 0.2) is 5.82 Å². The number of hydrogen-bond acceptors (Lipinski definition) is 3. The number of nitrogens with one attached hydrogen (secondary N) is 2. The number of fused-ring (bicyclic) bond motifs is 1. The summed E-state index contributed by atoms with van der Waals surface area (Å²) in [5.41, 5.74) is 2.86. The van der Waals surface area contributed by atoms with Gasteiger partial charge in [-0.2, -0.15) is 0 Å². The van der Waals surface area contributed by atoms with Gasteiger partial charge in [-0.1, -0.05) is 30.3 Å². The lowest BCUT2D eigenvalue weighted by Gasteiger charge is -2.12. The molecule has 2 N–H and O–H groups in total. The van der Waals surface area contributed by atoms with Crippen LogP contribution in [0, 0.1) is 13.8 Å². The first-order valence-corrected chi connectivity index (χ1v) is 7.96. The Hall–Kier alpha value is -2.82. The number of hydrogen-bond donors (Lipinski definition) is 2. The van der Waals surface area contributed by atoms with Gasteiger partial charge < -0.3 is 15.0 Å². The number of methoxy groups -OCH3 is 1. The number of nitrogens with zero attached hydrogens (tertiary/aromatic N) is 1. The summed E-state index contributed by atoms with van der Waals surface area (Å²) in [5.74, 6) is 1.01. The molecule has 5 nitrogen and oxygen atoms in total. The molecule has 3 aromatic rings. The number of aromatic amines is 1. The van der Waals surface area contributed by atoms with Crippen molar-refractivity contribution in [2.24, 2.45) is 0 Å². The smallest absolute Gasteiger partial charge is 0.287 e. The second-order valence-electron chi connectivity index (χ2n) is 5.77. The third-order valence-electron chi connectivity index (χ3n) is 4.22. The van der Waals surface area contributed by atoms with Crippen LogP contribution in [0.1, 0.15) is 27.6 Å². The molecule has 0 radical (unpaired) electrons. The lowest BCUT2D eigenvalue weighted by atomic mass is 10.0. The highest BCUT2D eigenvalue weighted by Crippen LogP contribution is 2.28. The SMILES string of the molecule is COc1ccc2ccccc2c1CCNC(=O)c1nc(C)c(C)[nH]1. The molecule has 0 bridgehead atoms. The zero-order chi connectivity index (χ0) is 17.1. The van der Waals surface area contributed by atoms with Gasteiger partial charge in [0, 0.05) is 17.8 Å². The minimum absolute atomic E-state index is 0.189. The van der Waals surface area contributed by atoms with E-state index in [-0.39, 0.29) is 5.91 Å². The molecular weight excluding hydrogens is 302 g/mol. The molecular formula is C19H21N3O2. The quantitative estimate of drug-likeness (QED) is 0.758. The highest BCUT2D eigenvalue weighted by molar-refractivity contribution is 5.91. The second kappa shape index (κ2) is 6.74. The Morgan fingerprint density at radius 3 is 2.71 bits per heavy atom. The molecule has 0 spiro atoms. The number of carbonyl (C=O) groups excluding carboxylic acids is 1. The van der Waals surface area contributed by atoms with Crippen LogP contribution >= 0.6 is 0 Å². The van der Waals surface area contributed by atoms with Gasteiger partial charge in [-0.05, 0) is 37.1 Å². The zero-order valence-corrected chi connectivity index (χ0v) is 14.1. The van der Waals surface area contributed by atoms with Gasteiger partial charge in [0.2, 0.25) is 0 Å². The Balaban J connectivity index is 1.74. The number of amides is 1. The Labute approximate surface area is 141 Å². The highest BCUT2D eigenvalue weighted by atomic mass is 16.5. The molecule has 0 unspecified atom stereocenters. The van der Waals surface area contributed by atoms with E-state index in [1.165, 1.54) is 0 Å². The van der Waals surface area contributed by atoms with Gasteiger partial charge in [0.05, 0.1) is 12.8 Å². The predicted molar refractivity (Wildman–Crippen MR) is 94.6 cm³/mol. The van der Waals surface area contributed by atoms with E-state index in [9.17, 15) is 4.79 Å². The summed E-state index contributed by atoms with van der Waals surface area (Å²) >= 11 is 0. The van der Waals surface area contributed by atoms with E-state index in [4.69, 9.17) is 4.74 Å². The third-order valence-corrected chi connectivity index (χ3v) is 4.22. The lowest BCUT2D eigenvalue weighted by Crippen LogP contribution is -2.26. The van der Waals surface area contributed by atoms with E-state index < -0.39 is 0 Å².